The number of hydrogen-bond acceptors (Lipinski definition) is 6. The van der Waals surface area contributed by atoms with Gasteiger partial charge in [-0.3, -0.25) is 9.59 Å². The smallest absolute Gasteiger partial charge is 0.361 e. The van der Waals surface area contributed by atoms with E-state index in [9.17, 15) is 24.6 Å². The molecule has 0 aliphatic heterocycles. The molecule has 4 rings (SSSR count). The Bertz CT molecular complexity index is 808. The first-order valence-electron chi connectivity index (χ1n) is 11.2. The van der Waals surface area contributed by atoms with Crippen molar-refractivity contribution in [2.24, 2.45) is 28.6 Å². The van der Waals surface area contributed by atoms with Crippen LogP contribution in [-0.4, -0.2) is 52.6 Å². The number of hydrogen-bond donors (Lipinski definition) is 3. The predicted molar refractivity (Wildman–Crippen MR) is 107 cm³/mol. The Hall–Kier alpha value is -1.57. The lowest BCUT2D eigenvalue weighted by atomic mass is 9.45. The van der Waals surface area contributed by atoms with Crippen LogP contribution in [0.5, 0.6) is 0 Å². The SMILES string of the molecule is C[C@]12C[C@@H](O)[C@@H]3[C@H](CCC4=CC(=O)CC[C@]43C)[C@@H]1CC[C@@]2(O)C(=O)COC(=O)C[NH3+]. The van der Waals surface area contributed by atoms with Crippen LogP contribution >= 0.6 is 0 Å². The minimum atomic E-state index is -1.61. The molecule has 0 aromatic heterocycles. The van der Waals surface area contributed by atoms with Crippen LogP contribution in [0.1, 0.15) is 58.8 Å². The quantitative estimate of drug-likeness (QED) is 0.571. The first-order valence-corrected chi connectivity index (χ1v) is 11.2. The largest absolute Gasteiger partial charge is 0.453 e. The monoisotopic (exact) mass is 420 g/mol. The highest BCUT2D eigenvalue weighted by atomic mass is 16.5. The van der Waals surface area contributed by atoms with E-state index in [1.165, 1.54) is 0 Å². The van der Waals surface area contributed by atoms with E-state index in [0.29, 0.717) is 25.7 Å². The topological polar surface area (TPSA) is 129 Å². The molecule has 0 aromatic carbocycles. The standard InChI is InChI=1S/C23H33NO6/c1-21-7-5-14(25)9-13(21)3-4-15-16-6-8-23(29,18(27)12-30-19(28)11-24)22(16,2)10-17(26)20(15)21/h9,15-17,20,26,29H,3-8,10-12,24H2,1-2H3/p+1/t15-,16+,17-,20+,21-,22+,23-/m1/s1. The number of aliphatic hydroxyl groups is 2. The molecule has 7 nitrogen and oxygen atoms in total. The van der Waals surface area contributed by atoms with Crippen LogP contribution < -0.4 is 5.73 Å². The van der Waals surface area contributed by atoms with Gasteiger partial charge in [-0.2, -0.15) is 0 Å². The van der Waals surface area contributed by atoms with Gasteiger partial charge in [0.1, 0.15) is 5.60 Å². The lowest BCUT2D eigenvalue weighted by molar-refractivity contribution is -0.359. The highest BCUT2D eigenvalue weighted by molar-refractivity contribution is 5.92. The van der Waals surface area contributed by atoms with Gasteiger partial charge in [-0.15, -0.1) is 0 Å². The molecule has 7 atom stereocenters. The minimum Gasteiger partial charge on any atom is -0.453 e. The van der Waals surface area contributed by atoms with Crippen LogP contribution in [-0.2, 0) is 19.1 Å². The van der Waals surface area contributed by atoms with E-state index in [0.717, 1.165) is 24.8 Å². The Kier molecular flexibility index (Phi) is 5.23. The zero-order valence-corrected chi connectivity index (χ0v) is 18.0. The number of quaternary nitrogens is 1. The Morgan fingerprint density at radius 3 is 2.67 bits per heavy atom. The van der Waals surface area contributed by atoms with Crippen LogP contribution in [0, 0.1) is 28.6 Å². The summed E-state index contributed by atoms with van der Waals surface area (Å²) in [5, 5.41) is 22.8. The van der Waals surface area contributed by atoms with Crippen molar-refractivity contribution in [3.8, 4) is 0 Å². The van der Waals surface area contributed by atoms with Crippen molar-refractivity contribution in [3.63, 3.8) is 0 Å². The third kappa shape index (κ3) is 2.93. The molecule has 4 aliphatic carbocycles. The van der Waals surface area contributed by atoms with E-state index in [1.807, 2.05) is 6.92 Å². The molecular weight excluding hydrogens is 386 g/mol. The van der Waals surface area contributed by atoms with Gasteiger partial charge in [0, 0.05) is 11.8 Å². The lowest BCUT2D eigenvalue weighted by Gasteiger charge is -2.60. The first kappa shape index (κ1) is 21.7. The molecule has 30 heavy (non-hydrogen) atoms. The van der Waals surface area contributed by atoms with Gasteiger partial charge in [0.2, 0.25) is 5.78 Å². The number of aliphatic hydroxyl groups excluding tert-OH is 1. The zero-order valence-electron chi connectivity index (χ0n) is 18.0. The molecule has 0 aromatic rings. The summed E-state index contributed by atoms with van der Waals surface area (Å²) >= 11 is 0. The summed E-state index contributed by atoms with van der Waals surface area (Å²) in [6, 6.07) is 0. The second-order valence-corrected chi connectivity index (χ2v) is 10.3. The molecule has 0 amide bonds. The number of esters is 1. The summed E-state index contributed by atoms with van der Waals surface area (Å²) in [5.74, 6) is -0.538. The fraction of sp³-hybridized carbons (Fsp3) is 0.783. The molecule has 5 N–H and O–H groups in total. The van der Waals surface area contributed by atoms with Gasteiger partial charge in [0.25, 0.3) is 0 Å². The Morgan fingerprint density at radius 1 is 1.23 bits per heavy atom. The maximum Gasteiger partial charge on any atom is 0.361 e. The number of carbonyl (C=O) groups excluding carboxylic acids is 3. The van der Waals surface area contributed by atoms with Crippen molar-refractivity contribution >= 4 is 17.5 Å². The van der Waals surface area contributed by atoms with E-state index in [1.54, 1.807) is 6.08 Å². The van der Waals surface area contributed by atoms with Crippen molar-refractivity contribution in [2.75, 3.05) is 13.2 Å². The number of ether oxygens (including phenoxy) is 1. The number of carbonyl (C=O) groups is 3. The van der Waals surface area contributed by atoms with Crippen LogP contribution in [0.2, 0.25) is 0 Å². The number of ketones is 2. The average Bonchev–Trinajstić information content (AvgIpc) is 2.97. The van der Waals surface area contributed by atoms with Gasteiger partial charge in [-0.05, 0) is 67.8 Å². The maximum absolute atomic E-state index is 13.0. The van der Waals surface area contributed by atoms with Crippen molar-refractivity contribution in [3.05, 3.63) is 11.6 Å². The fourth-order valence-electron chi connectivity index (χ4n) is 7.49. The summed E-state index contributed by atoms with van der Waals surface area (Å²) in [6.07, 6.45) is 5.47. The van der Waals surface area contributed by atoms with Gasteiger partial charge < -0.3 is 20.7 Å². The van der Waals surface area contributed by atoms with E-state index in [2.05, 4.69) is 12.7 Å². The van der Waals surface area contributed by atoms with Gasteiger partial charge in [0.05, 0.1) is 6.10 Å². The first-order chi connectivity index (χ1) is 14.1. The van der Waals surface area contributed by atoms with Crippen LogP contribution in [0.4, 0.5) is 0 Å². The van der Waals surface area contributed by atoms with E-state index in [4.69, 9.17) is 4.74 Å². The average molecular weight is 421 g/mol. The fourth-order valence-corrected chi connectivity index (χ4v) is 7.49. The predicted octanol–water partition coefficient (Wildman–Crippen LogP) is 0.574. The van der Waals surface area contributed by atoms with Crippen molar-refractivity contribution in [2.45, 2.75) is 70.5 Å². The van der Waals surface area contributed by atoms with Crippen molar-refractivity contribution in [1.29, 1.82) is 0 Å². The highest BCUT2D eigenvalue weighted by Crippen LogP contribution is 2.67. The second kappa shape index (κ2) is 7.24. The molecular formula is C23H34NO6+. The minimum absolute atomic E-state index is 0.0325. The Morgan fingerprint density at radius 2 is 1.97 bits per heavy atom. The Labute approximate surface area is 177 Å². The molecule has 3 fully saturated rings. The molecule has 166 valence electrons. The molecule has 0 saturated heterocycles. The molecule has 3 saturated carbocycles. The zero-order chi connectivity index (χ0) is 21.9. The number of allylic oxidation sites excluding steroid dienone is 1. The summed E-state index contributed by atoms with van der Waals surface area (Å²) in [5.41, 5.74) is 2.04. The molecule has 0 heterocycles. The second-order valence-electron chi connectivity index (χ2n) is 10.3. The van der Waals surface area contributed by atoms with Crippen LogP contribution in [0.25, 0.3) is 0 Å². The van der Waals surface area contributed by atoms with Gasteiger partial charge >= 0.3 is 5.97 Å². The summed E-state index contributed by atoms with van der Waals surface area (Å²) in [7, 11) is 0. The molecule has 0 bridgehead atoms. The van der Waals surface area contributed by atoms with Crippen LogP contribution in [0.3, 0.4) is 0 Å². The van der Waals surface area contributed by atoms with E-state index >= 15 is 0 Å². The maximum atomic E-state index is 13.0. The van der Waals surface area contributed by atoms with Crippen LogP contribution in [0.15, 0.2) is 11.6 Å². The number of rotatable bonds is 4. The Balaban J connectivity index is 1.62. The summed E-state index contributed by atoms with van der Waals surface area (Å²) < 4.78 is 4.97. The number of fused-ring (bicyclic) bond motifs is 5. The number of Topliss-reactive ketones (excluding diaryl/α,β-unsaturated/α-hetero) is 1. The van der Waals surface area contributed by atoms with Gasteiger partial charge in [0.15, 0.2) is 18.9 Å². The van der Waals surface area contributed by atoms with Gasteiger partial charge in [-0.25, -0.2) is 4.79 Å². The molecule has 4 aliphatic rings. The summed E-state index contributed by atoms with van der Waals surface area (Å²) in [4.78, 5) is 36.4. The third-order valence-corrected chi connectivity index (χ3v) is 9.08. The molecule has 0 radical (unpaired) electrons. The molecule has 0 spiro atoms. The summed E-state index contributed by atoms with van der Waals surface area (Å²) in [6.45, 7) is 3.58. The van der Waals surface area contributed by atoms with Crippen molar-refractivity contribution in [1.82, 2.24) is 0 Å². The van der Waals surface area contributed by atoms with E-state index < -0.39 is 35.5 Å². The normalized spacial score (nSPS) is 45.1. The van der Waals surface area contributed by atoms with Crippen molar-refractivity contribution < 1.29 is 35.1 Å². The lowest BCUT2D eigenvalue weighted by Crippen LogP contribution is -2.62. The van der Waals surface area contributed by atoms with E-state index in [-0.39, 0.29) is 35.5 Å². The molecule has 0 unspecified atom stereocenters. The van der Waals surface area contributed by atoms with Gasteiger partial charge in [-0.1, -0.05) is 19.4 Å². The third-order valence-electron chi connectivity index (χ3n) is 9.08. The molecule has 7 heteroatoms. The highest BCUT2D eigenvalue weighted by Gasteiger charge is 2.68.